The van der Waals surface area contributed by atoms with Gasteiger partial charge < -0.3 is 15.2 Å². The Morgan fingerprint density at radius 1 is 0.900 bits per heavy atom. The molecule has 0 atom stereocenters. The highest BCUT2D eigenvalue weighted by Gasteiger charge is 2.37. The third kappa shape index (κ3) is 3.86. The molecule has 0 aromatic carbocycles. The van der Waals surface area contributed by atoms with Crippen LogP contribution in [0.5, 0.6) is 0 Å². The number of nitrogens with one attached hydrogen (secondary N) is 1. The van der Waals surface area contributed by atoms with E-state index in [-0.39, 0.29) is 12.2 Å². The lowest BCUT2D eigenvalue weighted by molar-refractivity contribution is -0.136. The first-order chi connectivity index (χ1) is 19.1. The van der Waals surface area contributed by atoms with E-state index in [4.69, 9.17) is 15.0 Å². The minimum Gasteiger partial charge on any atom is -0.511 e. The zero-order chi connectivity index (χ0) is 28.5. The topological polar surface area (TPSA) is 110 Å². The van der Waals surface area contributed by atoms with Gasteiger partial charge in [-0.25, -0.2) is 15.0 Å². The van der Waals surface area contributed by atoms with Crippen molar-refractivity contribution in [1.29, 1.82) is 0 Å². The van der Waals surface area contributed by atoms with Crippen molar-refractivity contribution >= 4 is 35.3 Å². The summed E-state index contributed by atoms with van der Waals surface area (Å²) in [6, 6.07) is 0. The minimum atomic E-state index is -0.849. The average Bonchev–Trinajstić information content (AvgIpc) is 3.65. The van der Waals surface area contributed by atoms with Crippen LogP contribution >= 0.6 is 0 Å². The Morgan fingerprint density at radius 3 is 2.30 bits per heavy atom. The quantitative estimate of drug-likeness (QED) is 0.473. The number of aliphatic imine (C=N–C) groups is 3. The zero-order valence-corrected chi connectivity index (χ0v) is 23.9. The average molecular weight is 535 g/mol. The largest absolute Gasteiger partial charge is 0.511 e. The van der Waals surface area contributed by atoms with Crippen LogP contribution in [0.15, 0.2) is 82.9 Å². The van der Waals surface area contributed by atoms with Gasteiger partial charge in [-0.3, -0.25) is 4.79 Å². The molecule has 0 radical (unpaired) electrons. The number of H-pyrrole nitrogens is 1. The van der Waals surface area contributed by atoms with E-state index in [1.165, 1.54) is 16.7 Å². The maximum absolute atomic E-state index is 11.6. The van der Waals surface area contributed by atoms with Crippen LogP contribution in [0.4, 0.5) is 0 Å². The number of nitrogens with zero attached hydrogens (tertiary/aromatic N) is 3. The van der Waals surface area contributed by atoms with Gasteiger partial charge in [-0.1, -0.05) is 13.8 Å². The van der Waals surface area contributed by atoms with Gasteiger partial charge in [0, 0.05) is 34.7 Å². The lowest BCUT2D eigenvalue weighted by atomic mass is 9.96. The summed E-state index contributed by atoms with van der Waals surface area (Å²) in [6.45, 7) is 12.6. The molecule has 3 N–H and O–H groups in total. The summed E-state index contributed by atoms with van der Waals surface area (Å²) in [5.41, 5.74) is 14.0. The van der Waals surface area contributed by atoms with Gasteiger partial charge in [-0.15, -0.1) is 0 Å². The molecule has 1 aromatic rings. The highest BCUT2D eigenvalue weighted by molar-refractivity contribution is 6.26. The number of fused-ring (bicyclic) bond motifs is 5. The molecule has 0 unspecified atom stereocenters. The van der Waals surface area contributed by atoms with E-state index in [1.807, 2.05) is 19.9 Å². The highest BCUT2D eigenvalue weighted by atomic mass is 16.4. The minimum absolute atomic E-state index is 0.00579. The normalized spacial score (nSPS) is 19.9. The first-order valence-electron chi connectivity index (χ1n) is 14.0. The van der Waals surface area contributed by atoms with Crippen LogP contribution in [-0.2, 0) is 11.2 Å². The molecule has 0 saturated heterocycles. The van der Waals surface area contributed by atoms with Crippen LogP contribution in [0.2, 0.25) is 0 Å². The SMILES string of the molecule is CCC1=C(C)C2=NC1=CC1=C(C)C3=C(O)CC(=C4N=C(C=c5[nH]c(c(CC)c5C)=C2)C(C)=C4CCC(=O)O)C3=N1. The molecule has 204 valence electrons. The molecule has 6 rings (SSSR count). The summed E-state index contributed by atoms with van der Waals surface area (Å²) in [4.78, 5) is 30.4. The first-order valence-corrected chi connectivity index (χ1v) is 14.0. The number of allylic oxidation sites excluding steroid dienone is 8. The summed E-state index contributed by atoms with van der Waals surface area (Å²) in [5, 5.41) is 22.6. The predicted octanol–water partition coefficient (Wildman–Crippen LogP) is 5.36. The van der Waals surface area contributed by atoms with Crippen molar-refractivity contribution in [3.8, 4) is 0 Å². The molecular formula is C33H34N4O3. The van der Waals surface area contributed by atoms with Gasteiger partial charge in [0.15, 0.2) is 0 Å². The number of carboxylic acids is 1. The van der Waals surface area contributed by atoms with E-state index in [9.17, 15) is 15.0 Å². The number of aliphatic carboxylic acids is 1. The van der Waals surface area contributed by atoms with E-state index in [0.717, 1.165) is 91.2 Å². The van der Waals surface area contributed by atoms with Crippen molar-refractivity contribution in [2.75, 3.05) is 0 Å². The molecule has 0 amide bonds. The number of aromatic amines is 1. The van der Waals surface area contributed by atoms with Crippen LogP contribution in [0.25, 0.3) is 12.2 Å². The molecule has 8 bridgehead atoms. The van der Waals surface area contributed by atoms with Crippen LogP contribution in [0.1, 0.15) is 71.4 Å². The number of carboxylic acid groups (broad SMARTS) is 1. The van der Waals surface area contributed by atoms with Gasteiger partial charge in [-0.05, 0) is 104 Å². The van der Waals surface area contributed by atoms with E-state index >= 15 is 0 Å². The molecule has 7 heteroatoms. The van der Waals surface area contributed by atoms with Crippen LogP contribution in [0.3, 0.4) is 0 Å². The molecule has 0 spiro atoms. The Morgan fingerprint density at radius 2 is 1.60 bits per heavy atom. The summed E-state index contributed by atoms with van der Waals surface area (Å²) in [6.07, 6.45) is 8.66. The van der Waals surface area contributed by atoms with E-state index in [0.29, 0.717) is 12.8 Å². The molecule has 0 fully saturated rings. The van der Waals surface area contributed by atoms with Gasteiger partial charge in [-0.2, -0.15) is 0 Å². The van der Waals surface area contributed by atoms with Crippen molar-refractivity contribution in [3.63, 3.8) is 0 Å². The van der Waals surface area contributed by atoms with Crippen molar-refractivity contribution in [3.05, 3.63) is 89.8 Å². The summed E-state index contributed by atoms with van der Waals surface area (Å²) < 4.78 is 0. The fourth-order valence-corrected chi connectivity index (χ4v) is 6.48. The van der Waals surface area contributed by atoms with Gasteiger partial charge in [0.1, 0.15) is 5.76 Å². The van der Waals surface area contributed by atoms with Crippen LogP contribution in [-0.4, -0.2) is 38.3 Å². The second kappa shape index (κ2) is 9.44. The van der Waals surface area contributed by atoms with Crippen LogP contribution < -0.4 is 10.7 Å². The van der Waals surface area contributed by atoms with E-state index in [2.05, 4.69) is 44.8 Å². The Labute approximate surface area is 233 Å². The number of aliphatic hydroxyl groups is 1. The molecule has 5 aliphatic rings. The summed E-state index contributed by atoms with van der Waals surface area (Å²) in [5.74, 6) is -0.572. The maximum Gasteiger partial charge on any atom is 0.303 e. The summed E-state index contributed by atoms with van der Waals surface area (Å²) >= 11 is 0. The number of hydrogen-bond donors (Lipinski definition) is 3. The molecule has 40 heavy (non-hydrogen) atoms. The standard InChI is InChI=1S/C33H34N4O3/c1-7-19-15(3)23-12-25-17(5)21(9-10-30(39)40)32(36-25)22-11-29(38)31-18(6)26(37-33(22)31)14-28-20(8-2)16(4)24(35-28)13-27(19)34-23/h12-14,34,38H,7-11H2,1-6H3,(H,39,40). The van der Waals surface area contributed by atoms with Gasteiger partial charge in [0.25, 0.3) is 0 Å². The number of aromatic nitrogens is 1. The van der Waals surface area contributed by atoms with Gasteiger partial charge in [0.05, 0.1) is 34.2 Å². The Balaban J connectivity index is 1.69. The van der Waals surface area contributed by atoms with Crippen molar-refractivity contribution in [1.82, 2.24) is 4.98 Å². The van der Waals surface area contributed by atoms with Gasteiger partial charge >= 0.3 is 5.97 Å². The fourth-order valence-electron chi connectivity index (χ4n) is 6.48. The van der Waals surface area contributed by atoms with E-state index < -0.39 is 5.97 Å². The highest BCUT2D eigenvalue weighted by Crippen LogP contribution is 2.44. The molecule has 0 saturated carbocycles. The van der Waals surface area contributed by atoms with Gasteiger partial charge in [0.2, 0.25) is 0 Å². The Bertz CT molecular complexity index is 1840. The van der Waals surface area contributed by atoms with E-state index in [1.54, 1.807) is 0 Å². The third-order valence-corrected chi connectivity index (χ3v) is 8.76. The number of hydrogen-bond acceptors (Lipinski definition) is 5. The fraction of sp³-hybridized carbons (Fsp3) is 0.333. The zero-order valence-electron chi connectivity index (χ0n) is 23.9. The van der Waals surface area contributed by atoms with Crippen molar-refractivity contribution in [2.45, 2.75) is 73.6 Å². The monoisotopic (exact) mass is 534 g/mol. The molecular weight excluding hydrogens is 500 g/mol. The predicted molar refractivity (Wildman–Crippen MR) is 160 cm³/mol. The molecule has 1 aromatic heterocycles. The lowest BCUT2D eigenvalue weighted by Gasteiger charge is -2.09. The number of rotatable bonds is 5. The van der Waals surface area contributed by atoms with Crippen LogP contribution in [0, 0.1) is 6.92 Å². The Kier molecular flexibility index (Phi) is 6.13. The maximum atomic E-state index is 11.6. The number of carbonyl (C=O) groups is 1. The third-order valence-electron chi connectivity index (χ3n) is 8.76. The Hall–Kier alpha value is -4.26. The second-order valence-electron chi connectivity index (χ2n) is 11.0. The number of aliphatic hydroxyl groups excluding tert-OH is 1. The molecule has 7 nitrogen and oxygen atoms in total. The summed E-state index contributed by atoms with van der Waals surface area (Å²) in [7, 11) is 0. The smallest absolute Gasteiger partial charge is 0.303 e. The van der Waals surface area contributed by atoms with Crippen molar-refractivity contribution < 1.29 is 15.0 Å². The lowest BCUT2D eigenvalue weighted by Crippen LogP contribution is -2.15. The van der Waals surface area contributed by atoms with Crippen molar-refractivity contribution in [2.24, 2.45) is 15.0 Å². The molecule has 4 aliphatic heterocycles. The molecule has 5 heterocycles. The second-order valence-corrected chi connectivity index (χ2v) is 11.0. The molecule has 1 aliphatic carbocycles. The first kappa shape index (κ1) is 26.0.